The maximum absolute atomic E-state index is 13.4. The minimum Gasteiger partial charge on any atom is -0.494 e. The number of ether oxygens (including phenoxy) is 1. The van der Waals surface area contributed by atoms with Crippen molar-refractivity contribution in [3.05, 3.63) is 88.5 Å². The molecule has 7 rings (SSSR count). The van der Waals surface area contributed by atoms with Crippen molar-refractivity contribution in [2.24, 2.45) is 0 Å². The molecule has 0 saturated carbocycles. The van der Waals surface area contributed by atoms with Crippen molar-refractivity contribution >= 4 is 74.1 Å². The number of piperidine rings is 2. The summed E-state index contributed by atoms with van der Waals surface area (Å²) in [5.41, 5.74) is 4.91. The van der Waals surface area contributed by atoms with Crippen molar-refractivity contribution in [3.8, 4) is 5.75 Å². The van der Waals surface area contributed by atoms with Gasteiger partial charge in [0.05, 0.1) is 35.1 Å². The highest BCUT2D eigenvalue weighted by Crippen LogP contribution is 2.34. The van der Waals surface area contributed by atoms with E-state index in [2.05, 4.69) is 74.4 Å². The number of anilines is 6. The normalized spacial score (nSPS) is 17.8. The monoisotopic (exact) mass is 838 g/mol. The summed E-state index contributed by atoms with van der Waals surface area (Å²) in [6, 6.07) is 21.0. The van der Waals surface area contributed by atoms with Gasteiger partial charge in [-0.25, -0.2) is 4.98 Å². The van der Waals surface area contributed by atoms with Crippen LogP contribution in [0.4, 0.5) is 34.5 Å². The van der Waals surface area contributed by atoms with Crippen molar-refractivity contribution in [2.75, 3.05) is 80.8 Å². The molecule has 15 nitrogen and oxygen atoms in total. The Kier molecular flexibility index (Phi) is 12.5. The van der Waals surface area contributed by atoms with Crippen LogP contribution in [0.5, 0.6) is 5.75 Å². The predicted molar refractivity (Wildman–Crippen MR) is 223 cm³/mol. The molecule has 4 aromatic rings. The molecule has 1 aromatic heterocycles. The molecule has 5 N–H and O–H groups in total. The van der Waals surface area contributed by atoms with Crippen LogP contribution in [0.25, 0.3) is 0 Å². The number of hydrogen-bond donors (Lipinski definition) is 5. The van der Waals surface area contributed by atoms with Crippen LogP contribution >= 0.6 is 15.9 Å². The number of hydrogen-bond acceptors (Lipinski definition) is 12. The summed E-state index contributed by atoms with van der Waals surface area (Å²) in [5, 5.41) is 14.8. The van der Waals surface area contributed by atoms with Gasteiger partial charge in [-0.1, -0.05) is 24.3 Å². The molecule has 3 fully saturated rings. The van der Waals surface area contributed by atoms with Crippen molar-refractivity contribution in [1.82, 2.24) is 30.4 Å². The average Bonchev–Trinajstić information content (AvgIpc) is 3.23. The number of methoxy groups -OCH3 is 1. The largest absolute Gasteiger partial charge is 0.494 e. The number of piperazine rings is 1. The van der Waals surface area contributed by atoms with E-state index in [1.54, 1.807) is 32.5 Å². The molecule has 1 atom stereocenters. The van der Waals surface area contributed by atoms with E-state index in [-0.39, 0.29) is 23.6 Å². The number of para-hydroxylation sites is 1. The lowest BCUT2D eigenvalue weighted by molar-refractivity contribution is -0.134. The second-order valence-electron chi connectivity index (χ2n) is 14.3. The SMILES string of the molecule is CNC(=O)c1ccccc1Nc1nc(Nc2ccc(N3CCN(C(=O)CN4CCC(c5ccc(NC6CCC(=O)NC6=O)cc5)CC4)CC3)cc2OC)ncc1Br. The van der Waals surface area contributed by atoms with Crippen LogP contribution in [-0.2, 0) is 14.4 Å². The fraction of sp³-hybridized carbons (Fsp3) is 0.366. The maximum atomic E-state index is 13.4. The summed E-state index contributed by atoms with van der Waals surface area (Å²) in [6.07, 6.45) is 4.43. The van der Waals surface area contributed by atoms with Gasteiger partial charge in [-0.2, -0.15) is 4.98 Å². The Balaban J connectivity index is 0.878. The van der Waals surface area contributed by atoms with Gasteiger partial charge in [-0.15, -0.1) is 0 Å². The van der Waals surface area contributed by atoms with Crippen LogP contribution in [0, 0.1) is 0 Å². The summed E-state index contributed by atoms with van der Waals surface area (Å²) < 4.78 is 6.39. The summed E-state index contributed by atoms with van der Waals surface area (Å²) >= 11 is 3.51. The molecule has 57 heavy (non-hydrogen) atoms. The molecule has 1 unspecified atom stereocenters. The summed E-state index contributed by atoms with van der Waals surface area (Å²) in [5.74, 6) is 1.33. The number of likely N-dealkylation sites (tertiary alicyclic amines) is 1. The highest BCUT2D eigenvalue weighted by molar-refractivity contribution is 9.10. The van der Waals surface area contributed by atoms with Crippen LogP contribution in [0.2, 0.25) is 0 Å². The molecule has 4 heterocycles. The van der Waals surface area contributed by atoms with Crippen LogP contribution < -0.4 is 36.2 Å². The Morgan fingerprint density at radius 2 is 1.67 bits per heavy atom. The van der Waals surface area contributed by atoms with Crippen LogP contribution in [0.15, 0.2) is 77.4 Å². The lowest BCUT2D eigenvalue weighted by Crippen LogP contribution is -2.51. The zero-order valence-corrected chi connectivity index (χ0v) is 33.6. The van der Waals surface area contributed by atoms with E-state index in [0.717, 1.165) is 37.3 Å². The molecule has 298 valence electrons. The molecule has 4 amide bonds. The fourth-order valence-corrected chi connectivity index (χ4v) is 7.77. The molecular formula is C41H47BrN10O5. The Bertz CT molecular complexity index is 2100. The van der Waals surface area contributed by atoms with Gasteiger partial charge in [0.1, 0.15) is 17.6 Å². The van der Waals surface area contributed by atoms with Crippen LogP contribution in [0.3, 0.4) is 0 Å². The van der Waals surface area contributed by atoms with Gasteiger partial charge in [0.2, 0.25) is 23.7 Å². The molecule has 0 radical (unpaired) electrons. The van der Waals surface area contributed by atoms with Crippen molar-refractivity contribution in [1.29, 1.82) is 0 Å². The van der Waals surface area contributed by atoms with Gasteiger partial charge in [-0.3, -0.25) is 29.4 Å². The van der Waals surface area contributed by atoms with Crippen molar-refractivity contribution in [2.45, 2.75) is 37.6 Å². The number of rotatable bonds is 12. The number of benzene rings is 3. The highest BCUT2D eigenvalue weighted by Gasteiger charge is 2.28. The first-order valence-corrected chi connectivity index (χ1v) is 20.0. The molecule has 0 bridgehead atoms. The summed E-state index contributed by atoms with van der Waals surface area (Å²) in [6.45, 7) is 4.85. The average molecular weight is 840 g/mol. The first-order valence-electron chi connectivity index (χ1n) is 19.2. The Hall–Kier alpha value is -5.74. The standard InChI is InChI=1S/C41H47BrN10O5/c1-43-39(55)30-5-3-4-6-32(30)46-38-31(42)24-44-41(49-38)47-33-12-11-29(23-35(33)57-2)51-19-21-52(22-20-51)37(54)25-50-17-15-27(16-18-50)26-7-9-28(10-8-26)45-34-13-14-36(53)48-40(34)56/h3-12,23-24,27,34,45H,13-22,25H2,1-2H3,(H,43,55)(H,48,53,56)(H2,44,46,47,49). The second kappa shape index (κ2) is 18.0. The topological polar surface area (TPSA) is 173 Å². The van der Waals surface area contributed by atoms with E-state index >= 15 is 0 Å². The molecule has 3 saturated heterocycles. The molecule has 16 heteroatoms. The van der Waals surface area contributed by atoms with E-state index in [1.165, 1.54) is 5.56 Å². The zero-order valence-electron chi connectivity index (χ0n) is 32.0. The van der Waals surface area contributed by atoms with Crippen molar-refractivity contribution in [3.63, 3.8) is 0 Å². The van der Waals surface area contributed by atoms with Gasteiger partial charge >= 0.3 is 0 Å². The number of nitrogens with one attached hydrogen (secondary N) is 5. The van der Waals surface area contributed by atoms with Crippen LogP contribution in [0.1, 0.15) is 47.5 Å². The minimum absolute atomic E-state index is 0.162. The lowest BCUT2D eigenvalue weighted by atomic mass is 9.89. The fourth-order valence-electron chi connectivity index (χ4n) is 7.48. The Morgan fingerprint density at radius 3 is 2.39 bits per heavy atom. The van der Waals surface area contributed by atoms with Gasteiger partial charge < -0.3 is 35.8 Å². The number of carbonyl (C=O) groups excluding carboxylic acids is 4. The van der Waals surface area contributed by atoms with Crippen LogP contribution in [-0.4, -0.2) is 109 Å². The van der Waals surface area contributed by atoms with E-state index in [4.69, 9.17) is 4.74 Å². The predicted octanol–water partition coefficient (Wildman–Crippen LogP) is 4.84. The number of amides is 4. The Morgan fingerprint density at radius 1 is 0.912 bits per heavy atom. The first kappa shape index (κ1) is 39.5. The molecule has 0 spiro atoms. The number of aromatic nitrogens is 2. The molecule has 0 aliphatic carbocycles. The first-order chi connectivity index (χ1) is 27.7. The molecule has 3 aliphatic rings. The third-order valence-electron chi connectivity index (χ3n) is 10.7. The number of halogens is 1. The van der Waals surface area contributed by atoms with Gasteiger partial charge in [-0.05, 0) is 96.2 Å². The van der Waals surface area contributed by atoms with E-state index in [9.17, 15) is 19.2 Å². The number of imide groups is 1. The quantitative estimate of drug-likeness (QED) is 0.123. The number of nitrogens with zero attached hydrogens (tertiary/aromatic N) is 5. The smallest absolute Gasteiger partial charge is 0.253 e. The molecule has 3 aromatic carbocycles. The molecule has 3 aliphatic heterocycles. The molecular weight excluding hydrogens is 792 g/mol. The van der Waals surface area contributed by atoms with E-state index in [0.29, 0.717) is 90.4 Å². The highest BCUT2D eigenvalue weighted by atomic mass is 79.9. The van der Waals surface area contributed by atoms with E-state index < -0.39 is 6.04 Å². The number of carbonyl (C=O) groups is 4. The third kappa shape index (κ3) is 9.63. The lowest BCUT2D eigenvalue weighted by Gasteiger charge is -2.38. The van der Waals surface area contributed by atoms with Gasteiger partial charge in [0.15, 0.2) is 0 Å². The third-order valence-corrected chi connectivity index (χ3v) is 11.3. The Labute approximate surface area is 340 Å². The summed E-state index contributed by atoms with van der Waals surface area (Å²) in [4.78, 5) is 64.9. The van der Waals surface area contributed by atoms with Gasteiger partial charge in [0.25, 0.3) is 5.91 Å². The minimum atomic E-state index is -0.400. The summed E-state index contributed by atoms with van der Waals surface area (Å²) in [7, 11) is 3.21. The van der Waals surface area contributed by atoms with E-state index in [1.807, 2.05) is 47.4 Å². The van der Waals surface area contributed by atoms with Gasteiger partial charge in [0, 0.05) is 63.3 Å². The second-order valence-corrected chi connectivity index (χ2v) is 15.2. The maximum Gasteiger partial charge on any atom is 0.253 e. The van der Waals surface area contributed by atoms with Crippen molar-refractivity contribution < 1.29 is 23.9 Å². The zero-order chi connectivity index (χ0) is 39.9.